The lowest BCUT2D eigenvalue weighted by atomic mass is 10.1. The molecule has 0 amide bonds. The van der Waals surface area contributed by atoms with Gasteiger partial charge in [0.05, 0.1) is 16.4 Å². The molecule has 24 heavy (non-hydrogen) atoms. The molecule has 0 spiro atoms. The number of hydrogen-bond acceptors (Lipinski definition) is 3. The largest absolute Gasteiger partial charge is 0.301 e. The average molecular weight is 346 g/mol. The van der Waals surface area contributed by atoms with E-state index < -0.39 is 0 Å². The van der Waals surface area contributed by atoms with Gasteiger partial charge in [0.15, 0.2) is 0 Å². The highest BCUT2D eigenvalue weighted by molar-refractivity contribution is 6.46. The van der Waals surface area contributed by atoms with Crippen LogP contribution in [0.25, 0.3) is 0 Å². The molecule has 1 aromatic rings. The maximum absolute atomic E-state index is 6.44. The Kier molecular flexibility index (Phi) is 8.20. The number of hydrogen-bond donors (Lipinski definition) is 0. The van der Waals surface area contributed by atoms with Crippen LogP contribution in [0, 0.1) is 0 Å². The Morgan fingerprint density at radius 2 is 1.75 bits per heavy atom. The van der Waals surface area contributed by atoms with Crippen LogP contribution in [0.15, 0.2) is 51.4 Å². The summed E-state index contributed by atoms with van der Waals surface area (Å²) in [6.45, 7) is 7.58. The topological polar surface area (TPSA) is 28.0 Å². The standard InChI is InChI=1S/C20H28ClN3/c1-3-5-14-24(15-6-4-2)16-19-20(18(21)12-13-22-19)23-17-10-8-7-9-11-17/h7-13,19H,3-6,14-16H2,1-2H3. The predicted molar refractivity (Wildman–Crippen MR) is 106 cm³/mol. The number of nitrogens with zero attached hydrogens (tertiary/aromatic N) is 3. The summed E-state index contributed by atoms with van der Waals surface area (Å²) in [7, 11) is 0. The van der Waals surface area contributed by atoms with Gasteiger partial charge in [-0.15, -0.1) is 0 Å². The van der Waals surface area contributed by atoms with E-state index in [-0.39, 0.29) is 6.04 Å². The van der Waals surface area contributed by atoms with Crippen molar-refractivity contribution in [2.45, 2.75) is 45.6 Å². The number of para-hydroxylation sites is 1. The summed E-state index contributed by atoms with van der Waals surface area (Å²) in [6.07, 6.45) is 8.51. The first-order valence-electron chi connectivity index (χ1n) is 9.00. The Balaban J connectivity index is 2.14. The number of allylic oxidation sites excluding steroid dienone is 1. The fraction of sp³-hybridized carbons (Fsp3) is 0.500. The first-order chi connectivity index (χ1) is 11.7. The van der Waals surface area contributed by atoms with Crippen LogP contribution in [0.2, 0.25) is 0 Å². The lowest BCUT2D eigenvalue weighted by Crippen LogP contribution is -2.38. The third kappa shape index (κ3) is 5.88. The Hall–Kier alpha value is -1.45. The fourth-order valence-corrected chi connectivity index (χ4v) is 2.96. The van der Waals surface area contributed by atoms with E-state index in [1.807, 2.05) is 42.6 Å². The molecule has 1 aliphatic heterocycles. The molecule has 0 fully saturated rings. The fourth-order valence-electron chi connectivity index (χ4n) is 2.73. The van der Waals surface area contributed by atoms with Crippen LogP contribution in [-0.2, 0) is 0 Å². The number of benzene rings is 1. The quantitative estimate of drug-likeness (QED) is 0.601. The number of halogens is 1. The van der Waals surface area contributed by atoms with Crippen molar-refractivity contribution in [3.63, 3.8) is 0 Å². The van der Waals surface area contributed by atoms with E-state index in [0.29, 0.717) is 5.03 Å². The second kappa shape index (κ2) is 10.4. The normalized spacial score (nSPS) is 19.1. The number of dihydropyridines is 1. The highest BCUT2D eigenvalue weighted by Crippen LogP contribution is 2.21. The zero-order valence-corrected chi connectivity index (χ0v) is 15.5. The minimum atomic E-state index is 0.0106. The van der Waals surface area contributed by atoms with E-state index in [2.05, 4.69) is 23.7 Å². The molecule has 1 aromatic carbocycles. The van der Waals surface area contributed by atoms with Gasteiger partial charge in [-0.25, -0.2) is 4.99 Å². The highest BCUT2D eigenvalue weighted by atomic mass is 35.5. The molecule has 0 aromatic heterocycles. The van der Waals surface area contributed by atoms with Crippen LogP contribution in [0.5, 0.6) is 0 Å². The minimum Gasteiger partial charge on any atom is -0.301 e. The van der Waals surface area contributed by atoms with Crippen LogP contribution in [0.4, 0.5) is 5.69 Å². The summed E-state index contributed by atoms with van der Waals surface area (Å²) in [4.78, 5) is 11.9. The van der Waals surface area contributed by atoms with E-state index >= 15 is 0 Å². The molecule has 1 aliphatic rings. The Morgan fingerprint density at radius 3 is 2.38 bits per heavy atom. The van der Waals surface area contributed by atoms with Gasteiger partial charge in [-0.3, -0.25) is 4.99 Å². The van der Waals surface area contributed by atoms with Gasteiger partial charge in [-0.1, -0.05) is 56.5 Å². The van der Waals surface area contributed by atoms with Crippen molar-refractivity contribution in [3.8, 4) is 0 Å². The number of rotatable bonds is 9. The molecule has 1 atom stereocenters. The minimum absolute atomic E-state index is 0.0106. The first-order valence-corrected chi connectivity index (χ1v) is 9.37. The molecule has 1 heterocycles. The zero-order valence-electron chi connectivity index (χ0n) is 14.8. The van der Waals surface area contributed by atoms with E-state index in [4.69, 9.17) is 16.6 Å². The van der Waals surface area contributed by atoms with Gasteiger partial charge in [0.25, 0.3) is 0 Å². The van der Waals surface area contributed by atoms with Gasteiger partial charge in [0.2, 0.25) is 0 Å². The summed E-state index contributed by atoms with van der Waals surface area (Å²) in [5.74, 6) is 0. The molecular formula is C20H28ClN3. The molecule has 0 radical (unpaired) electrons. The van der Waals surface area contributed by atoms with Gasteiger partial charge in [-0.2, -0.15) is 0 Å². The molecule has 0 saturated heterocycles. The molecule has 2 rings (SSSR count). The smallest absolute Gasteiger partial charge is 0.106 e. The molecule has 0 aliphatic carbocycles. The number of unbranched alkanes of at least 4 members (excludes halogenated alkanes) is 2. The summed E-state index contributed by atoms with van der Waals surface area (Å²) in [5, 5.41) is 0.699. The Labute approximate surface area is 151 Å². The SMILES string of the molecule is CCCCN(CCCC)CC1N=CC=C(Cl)C1=Nc1ccccc1. The van der Waals surface area contributed by atoms with Gasteiger partial charge in [0.1, 0.15) is 6.04 Å². The summed E-state index contributed by atoms with van der Waals surface area (Å²) >= 11 is 6.44. The van der Waals surface area contributed by atoms with Crippen molar-refractivity contribution < 1.29 is 0 Å². The monoisotopic (exact) mass is 345 g/mol. The van der Waals surface area contributed by atoms with E-state index in [1.54, 1.807) is 0 Å². The van der Waals surface area contributed by atoms with Crippen LogP contribution in [0.1, 0.15) is 39.5 Å². The van der Waals surface area contributed by atoms with E-state index in [1.165, 1.54) is 25.7 Å². The van der Waals surface area contributed by atoms with Crippen molar-refractivity contribution in [2.24, 2.45) is 9.98 Å². The molecule has 4 heteroatoms. The predicted octanol–water partition coefficient (Wildman–Crippen LogP) is 5.24. The number of aliphatic imine (C=N–C) groups is 2. The maximum Gasteiger partial charge on any atom is 0.106 e. The molecule has 0 N–H and O–H groups in total. The van der Waals surface area contributed by atoms with Gasteiger partial charge in [0, 0.05) is 12.8 Å². The molecular weight excluding hydrogens is 318 g/mol. The lowest BCUT2D eigenvalue weighted by molar-refractivity contribution is 0.263. The van der Waals surface area contributed by atoms with Crippen molar-refractivity contribution in [3.05, 3.63) is 41.4 Å². The third-order valence-electron chi connectivity index (χ3n) is 4.14. The first kappa shape index (κ1) is 18.9. The van der Waals surface area contributed by atoms with Crippen molar-refractivity contribution in [1.82, 2.24) is 4.90 Å². The summed E-state index contributed by atoms with van der Waals surface area (Å²) < 4.78 is 0. The average Bonchev–Trinajstić information content (AvgIpc) is 2.61. The highest BCUT2D eigenvalue weighted by Gasteiger charge is 2.23. The Morgan fingerprint density at radius 1 is 1.08 bits per heavy atom. The van der Waals surface area contributed by atoms with Crippen LogP contribution < -0.4 is 0 Å². The van der Waals surface area contributed by atoms with Gasteiger partial charge >= 0.3 is 0 Å². The van der Waals surface area contributed by atoms with Crippen LogP contribution >= 0.6 is 11.6 Å². The molecule has 3 nitrogen and oxygen atoms in total. The van der Waals surface area contributed by atoms with E-state index in [0.717, 1.165) is 31.0 Å². The second-order valence-corrected chi connectivity index (χ2v) is 6.58. The van der Waals surface area contributed by atoms with E-state index in [9.17, 15) is 0 Å². The van der Waals surface area contributed by atoms with Gasteiger partial charge in [-0.05, 0) is 44.1 Å². The summed E-state index contributed by atoms with van der Waals surface area (Å²) in [6, 6.07) is 9.99. The van der Waals surface area contributed by atoms with Crippen molar-refractivity contribution >= 4 is 29.2 Å². The summed E-state index contributed by atoms with van der Waals surface area (Å²) in [5.41, 5.74) is 1.80. The maximum atomic E-state index is 6.44. The lowest BCUT2D eigenvalue weighted by Gasteiger charge is -2.27. The molecule has 1 unspecified atom stereocenters. The van der Waals surface area contributed by atoms with Gasteiger partial charge < -0.3 is 4.90 Å². The molecule has 130 valence electrons. The molecule has 0 saturated carbocycles. The second-order valence-electron chi connectivity index (χ2n) is 6.17. The zero-order chi connectivity index (χ0) is 17.2. The van der Waals surface area contributed by atoms with Crippen LogP contribution in [-0.4, -0.2) is 42.5 Å². The molecule has 0 bridgehead atoms. The third-order valence-corrected chi connectivity index (χ3v) is 4.46. The van der Waals surface area contributed by atoms with Crippen LogP contribution in [0.3, 0.4) is 0 Å². The van der Waals surface area contributed by atoms with Crippen molar-refractivity contribution in [2.75, 3.05) is 19.6 Å². The van der Waals surface area contributed by atoms with Crippen molar-refractivity contribution in [1.29, 1.82) is 0 Å². The Bertz CT molecular complexity index is 570.